The molecule has 0 saturated heterocycles. The summed E-state index contributed by atoms with van der Waals surface area (Å²) in [6, 6.07) is 0.0783. The zero-order chi connectivity index (χ0) is 21.8. The van der Waals surface area contributed by atoms with E-state index in [1.807, 2.05) is 0 Å². The van der Waals surface area contributed by atoms with Gasteiger partial charge in [-0.05, 0) is 80.7 Å². The number of nitrogens with one attached hydrogen (secondary N) is 1. The minimum Gasteiger partial charge on any atom is -0.385 e. The molecule has 2 aliphatic rings. The average Bonchev–Trinajstić information content (AvgIpc) is 3.36. The van der Waals surface area contributed by atoms with Gasteiger partial charge in [0, 0.05) is 10.6 Å². The summed E-state index contributed by atoms with van der Waals surface area (Å²) in [5.74, 6) is -1.06. The van der Waals surface area contributed by atoms with Crippen LogP contribution in [0.5, 0.6) is 0 Å². The highest BCUT2D eigenvalue weighted by molar-refractivity contribution is 7.93. The molecule has 0 bridgehead atoms. The predicted octanol–water partition coefficient (Wildman–Crippen LogP) is 4.16. The number of amides is 2. The monoisotopic (exact) mass is 455 g/mol. The third-order valence-electron chi connectivity index (χ3n) is 5.54. The van der Waals surface area contributed by atoms with E-state index in [1.165, 1.54) is 13.8 Å². The number of anilines is 1. The number of fused-ring (bicyclic) bond motifs is 2. The lowest BCUT2D eigenvalue weighted by molar-refractivity contribution is 0.0823. The van der Waals surface area contributed by atoms with Gasteiger partial charge in [0.25, 0.3) is 0 Å². The standard InChI is InChI=1S/C20H23F2N3O3S2/c1-20(2,27)15-9-14(21)18(29-15)30(23,28)25-19(26)24-17-12-7-3-5-10(12)16(22)11-6-4-8-13(11)17/h9,27H,3-8H2,1-2H3,(H3,23,24,25,26,28)/t30-/m1/s1. The van der Waals surface area contributed by atoms with Gasteiger partial charge in [-0.3, -0.25) is 0 Å². The average molecular weight is 456 g/mol. The SMILES string of the molecule is CC(C)(O)c1cc(F)c([S@](N)(=O)=NC(=O)Nc2c3c(c(F)c4c2CCC4)CCC3)s1. The lowest BCUT2D eigenvalue weighted by atomic mass is 9.98. The van der Waals surface area contributed by atoms with E-state index in [1.54, 1.807) is 0 Å². The molecule has 0 fully saturated rings. The number of urea groups is 1. The van der Waals surface area contributed by atoms with Gasteiger partial charge in [-0.2, -0.15) is 0 Å². The van der Waals surface area contributed by atoms with E-state index in [-0.39, 0.29) is 10.7 Å². The van der Waals surface area contributed by atoms with E-state index in [4.69, 9.17) is 5.14 Å². The minimum absolute atomic E-state index is 0.174. The molecule has 1 aromatic heterocycles. The Morgan fingerprint density at radius 3 is 2.20 bits per heavy atom. The highest BCUT2D eigenvalue weighted by Crippen LogP contribution is 2.41. The number of nitrogens with zero attached hydrogens (tertiary/aromatic N) is 1. The van der Waals surface area contributed by atoms with E-state index in [0.717, 1.165) is 30.0 Å². The predicted molar refractivity (Wildman–Crippen MR) is 112 cm³/mol. The number of hydrogen-bond acceptors (Lipinski definition) is 4. The van der Waals surface area contributed by atoms with E-state index >= 15 is 0 Å². The second-order valence-electron chi connectivity index (χ2n) is 8.21. The van der Waals surface area contributed by atoms with Crippen molar-refractivity contribution in [2.75, 3.05) is 5.32 Å². The highest BCUT2D eigenvalue weighted by atomic mass is 32.2. The molecule has 0 radical (unpaired) electrons. The van der Waals surface area contributed by atoms with Gasteiger partial charge in [0.15, 0.2) is 19.9 Å². The molecule has 1 heterocycles. The van der Waals surface area contributed by atoms with Gasteiger partial charge in [-0.15, -0.1) is 15.7 Å². The van der Waals surface area contributed by atoms with Crippen LogP contribution in [0.15, 0.2) is 14.6 Å². The second kappa shape index (κ2) is 7.37. The van der Waals surface area contributed by atoms with Crippen LogP contribution in [-0.2, 0) is 41.2 Å². The van der Waals surface area contributed by atoms with Gasteiger partial charge >= 0.3 is 6.03 Å². The van der Waals surface area contributed by atoms with E-state index < -0.39 is 31.6 Å². The smallest absolute Gasteiger partial charge is 0.354 e. The Labute approximate surface area is 177 Å². The van der Waals surface area contributed by atoms with Crippen molar-refractivity contribution < 1.29 is 22.9 Å². The zero-order valence-corrected chi connectivity index (χ0v) is 18.3. The molecule has 162 valence electrons. The quantitative estimate of drug-likeness (QED) is 0.647. The Morgan fingerprint density at radius 1 is 1.17 bits per heavy atom. The third kappa shape index (κ3) is 3.66. The van der Waals surface area contributed by atoms with Crippen molar-refractivity contribution >= 4 is 33.0 Å². The molecule has 0 saturated carbocycles. The molecule has 0 aliphatic heterocycles. The molecule has 10 heteroatoms. The molecule has 4 rings (SSSR count). The molecule has 2 aromatic rings. The number of thiophene rings is 1. The molecule has 2 aliphatic carbocycles. The topological polar surface area (TPSA) is 105 Å². The highest BCUT2D eigenvalue weighted by Gasteiger charge is 2.30. The van der Waals surface area contributed by atoms with Gasteiger partial charge in [0.05, 0.1) is 5.60 Å². The van der Waals surface area contributed by atoms with Gasteiger partial charge in [-0.25, -0.2) is 22.9 Å². The number of carbonyl (C=O) groups excluding carboxylic acids is 1. The van der Waals surface area contributed by atoms with Gasteiger partial charge in [-0.1, -0.05) is 0 Å². The van der Waals surface area contributed by atoms with Crippen LogP contribution >= 0.6 is 11.3 Å². The Hall–Kier alpha value is -1.88. The maximum Gasteiger partial charge on any atom is 0.354 e. The van der Waals surface area contributed by atoms with Crippen LogP contribution in [0.25, 0.3) is 0 Å². The van der Waals surface area contributed by atoms with Crippen LogP contribution in [0.4, 0.5) is 19.3 Å². The molecule has 4 N–H and O–H groups in total. The molecule has 0 spiro atoms. The maximum absolute atomic E-state index is 14.8. The lowest BCUT2D eigenvalue weighted by Crippen LogP contribution is -2.19. The summed E-state index contributed by atoms with van der Waals surface area (Å²) in [4.78, 5) is 12.8. The Kier molecular flexibility index (Phi) is 5.24. The number of halogens is 2. The molecule has 30 heavy (non-hydrogen) atoms. The first-order valence-electron chi connectivity index (χ1n) is 9.72. The van der Waals surface area contributed by atoms with E-state index in [9.17, 15) is 22.9 Å². The maximum atomic E-state index is 14.8. The summed E-state index contributed by atoms with van der Waals surface area (Å²) < 4.78 is 45.1. The molecule has 1 aromatic carbocycles. The fourth-order valence-electron chi connectivity index (χ4n) is 4.19. The molecule has 0 unspecified atom stereocenters. The number of benzene rings is 1. The minimum atomic E-state index is -3.86. The number of rotatable bonds is 3. The van der Waals surface area contributed by atoms with Crippen molar-refractivity contribution in [3.05, 3.63) is 44.8 Å². The summed E-state index contributed by atoms with van der Waals surface area (Å²) in [5, 5.41) is 18.4. The van der Waals surface area contributed by atoms with Gasteiger partial charge in [0.2, 0.25) is 0 Å². The number of nitrogens with two attached hydrogens (primary N) is 1. The summed E-state index contributed by atoms with van der Waals surface area (Å²) in [7, 11) is -3.86. The Balaban J connectivity index is 1.70. The summed E-state index contributed by atoms with van der Waals surface area (Å²) >= 11 is 0.715. The van der Waals surface area contributed by atoms with E-state index in [2.05, 4.69) is 9.68 Å². The molecule has 6 nitrogen and oxygen atoms in total. The molecule has 2 amide bonds. The van der Waals surface area contributed by atoms with Crippen LogP contribution in [-0.4, -0.2) is 15.3 Å². The molecular formula is C20H23F2N3O3S2. The van der Waals surface area contributed by atoms with Gasteiger partial charge < -0.3 is 10.4 Å². The lowest BCUT2D eigenvalue weighted by Gasteiger charge is -2.16. The second-order valence-corrected chi connectivity index (χ2v) is 11.2. The first-order valence-corrected chi connectivity index (χ1v) is 12.1. The number of hydrogen-bond donors (Lipinski definition) is 3. The number of carbonyl (C=O) groups is 1. The zero-order valence-electron chi connectivity index (χ0n) is 16.7. The first kappa shape index (κ1) is 21.4. The van der Waals surface area contributed by atoms with Gasteiger partial charge in [0.1, 0.15) is 5.82 Å². The summed E-state index contributed by atoms with van der Waals surface area (Å²) in [6.45, 7) is 2.92. The molecular weight excluding hydrogens is 432 g/mol. The van der Waals surface area contributed by atoms with Crippen LogP contribution in [0.1, 0.15) is 53.8 Å². The van der Waals surface area contributed by atoms with Crippen LogP contribution in [0.3, 0.4) is 0 Å². The van der Waals surface area contributed by atoms with Crippen LogP contribution < -0.4 is 10.5 Å². The third-order valence-corrected chi connectivity index (χ3v) is 8.89. The largest absolute Gasteiger partial charge is 0.385 e. The fraction of sp³-hybridized carbons (Fsp3) is 0.450. The fourth-order valence-corrected chi connectivity index (χ4v) is 6.53. The first-order chi connectivity index (χ1) is 14.0. The van der Waals surface area contributed by atoms with Crippen molar-refractivity contribution in [2.45, 2.75) is 62.2 Å². The summed E-state index contributed by atoms with van der Waals surface area (Å²) in [6.07, 6.45) is 4.10. The normalized spacial score (nSPS) is 17.4. The van der Waals surface area contributed by atoms with Crippen molar-refractivity contribution in [3.63, 3.8) is 0 Å². The van der Waals surface area contributed by atoms with Crippen LogP contribution in [0.2, 0.25) is 0 Å². The van der Waals surface area contributed by atoms with E-state index in [0.29, 0.717) is 53.8 Å². The van der Waals surface area contributed by atoms with Crippen molar-refractivity contribution in [1.82, 2.24) is 0 Å². The van der Waals surface area contributed by atoms with Crippen molar-refractivity contribution in [2.24, 2.45) is 9.50 Å². The van der Waals surface area contributed by atoms with Crippen LogP contribution in [0, 0.1) is 11.6 Å². The Bertz CT molecular complexity index is 1140. The van der Waals surface area contributed by atoms with Crippen molar-refractivity contribution in [3.8, 4) is 0 Å². The Morgan fingerprint density at radius 2 is 1.70 bits per heavy atom. The number of aliphatic hydroxyl groups is 1. The summed E-state index contributed by atoms with van der Waals surface area (Å²) in [5.41, 5.74) is 1.94. The molecule has 1 atom stereocenters. The van der Waals surface area contributed by atoms with Crippen molar-refractivity contribution in [1.29, 1.82) is 0 Å².